The number of amides is 1. The zero-order valence-corrected chi connectivity index (χ0v) is 25.8. The summed E-state index contributed by atoms with van der Waals surface area (Å²) in [4.78, 5) is 14.9. The number of benzene rings is 4. The number of hydrogen-bond donors (Lipinski definition) is 0. The van der Waals surface area contributed by atoms with Crippen molar-refractivity contribution in [1.82, 2.24) is 4.57 Å². The molecule has 5 rings (SSSR count). The van der Waals surface area contributed by atoms with Gasteiger partial charge in [0.25, 0.3) is 0 Å². The number of halogens is 6. The van der Waals surface area contributed by atoms with Crippen LogP contribution in [0.4, 0.5) is 23.2 Å². The number of rotatable bonds is 8. The van der Waals surface area contributed by atoms with Crippen molar-refractivity contribution in [2.24, 2.45) is 0 Å². The average Bonchev–Trinajstić information content (AvgIpc) is 3.26. The predicted molar refractivity (Wildman–Crippen MR) is 165 cm³/mol. The lowest BCUT2D eigenvalue weighted by molar-refractivity contribution is -0.189. The molecule has 1 heterocycles. The van der Waals surface area contributed by atoms with Gasteiger partial charge < -0.3 is 14.2 Å². The fourth-order valence-electron chi connectivity index (χ4n) is 5.23. The molecular weight excluding hydrogens is 680 g/mol. The highest BCUT2D eigenvalue weighted by Gasteiger charge is 2.59. The van der Waals surface area contributed by atoms with E-state index in [2.05, 4.69) is 31.9 Å². The fourth-order valence-corrected chi connectivity index (χ4v) is 5.96. The molecule has 2 atom stereocenters. The molecule has 42 heavy (non-hydrogen) atoms. The number of carbonyl (C=O) groups is 1. The summed E-state index contributed by atoms with van der Waals surface area (Å²) in [6.45, 7) is 0.0393. The number of carbonyl (C=O) groups excluding carboxylic acids is 1. The standard InChI is InChI=1S/C32H26Br2F4N2O2/c1-31(32(36,37)38,20-7-4-3-5-8-20)30(41)39(24-9-6-10-25(17-24)42-2)18-23(35)19-40-28-13-11-21(33)15-26(28)27-16-22(34)12-14-29(27)40/h3-17,23H,18-19H2,1-2H3. The Labute approximate surface area is 257 Å². The number of ether oxygens (including phenoxy) is 1. The first kappa shape index (κ1) is 30.1. The monoisotopic (exact) mass is 704 g/mol. The van der Waals surface area contributed by atoms with Crippen molar-refractivity contribution >= 4 is 65.3 Å². The molecule has 0 spiro atoms. The first-order valence-corrected chi connectivity index (χ1v) is 14.6. The van der Waals surface area contributed by atoms with E-state index in [1.54, 1.807) is 22.8 Å². The van der Waals surface area contributed by atoms with Crippen molar-refractivity contribution < 1.29 is 27.1 Å². The van der Waals surface area contributed by atoms with Crippen LogP contribution in [-0.4, -0.2) is 36.5 Å². The van der Waals surface area contributed by atoms with Crippen molar-refractivity contribution in [3.63, 3.8) is 0 Å². The summed E-state index contributed by atoms with van der Waals surface area (Å²) in [5, 5.41) is 1.78. The van der Waals surface area contributed by atoms with E-state index in [-0.39, 0.29) is 17.8 Å². The second-order valence-electron chi connectivity index (χ2n) is 10.1. The number of alkyl halides is 4. The maximum atomic E-state index is 16.2. The lowest BCUT2D eigenvalue weighted by atomic mass is 9.80. The molecule has 4 aromatic carbocycles. The molecule has 0 bridgehead atoms. The first-order valence-electron chi connectivity index (χ1n) is 13.0. The Bertz CT molecular complexity index is 1700. The number of aromatic nitrogens is 1. The third-order valence-corrected chi connectivity index (χ3v) is 8.49. The highest BCUT2D eigenvalue weighted by atomic mass is 79.9. The summed E-state index contributed by atoms with van der Waals surface area (Å²) in [5.41, 5.74) is -1.54. The smallest absolute Gasteiger partial charge is 0.406 e. The molecule has 218 valence electrons. The van der Waals surface area contributed by atoms with Crippen molar-refractivity contribution in [2.45, 2.75) is 31.2 Å². The Morgan fingerprint density at radius 2 is 1.48 bits per heavy atom. The highest BCUT2D eigenvalue weighted by molar-refractivity contribution is 9.10. The van der Waals surface area contributed by atoms with Crippen LogP contribution in [0.3, 0.4) is 0 Å². The number of nitrogens with zero attached hydrogens (tertiary/aromatic N) is 2. The van der Waals surface area contributed by atoms with E-state index < -0.39 is 30.2 Å². The third-order valence-electron chi connectivity index (χ3n) is 7.51. The Hall–Kier alpha value is -3.37. The Morgan fingerprint density at radius 3 is 2.02 bits per heavy atom. The van der Waals surface area contributed by atoms with Gasteiger partial charge in [-0.25, -0.2) is 4.39 Å². The topological polar surface area (TPSA) is 34.5 Å². The van der Waals surface area contributed by atoms with Crippen LogP contribution in [0.1, 0.15) is 12.5 Å². The van der Waals surface area contributed by atoms with Crippen molar-refractivity contribution in [3.8, 4) is 5.75 Å². The highest BCUT2D eigenvalue weighted by Crippen LogP contribution is 2.43. The van der Waals surface area contributed by atoms with Crippen LogP contribution in [-0.2, 0) is 16.8 Å². The van der Waals surface area contributed by atoms with E-state index in [1.807, 2.05) is 36.4 Å². The van der Waals surface area contributed by atoms with E-state index in [0.717, 1.165) is 42.6 Å². The third kappa shape index (κ3) is 5.54. The molecule has 2 unspecified atom stereocenters. The maximum Gasteiger partial charge on any atom is 0.406 e. The van der Waals surface area contributed by atoms with Gasteiger partial charge in [0.15, 0.2) is 5.41 Å². The van der Waals surface area contributed by atoms with Crippen molar-refractivity contribution in [3.05, 3.63) is 106 Å². The van der Waals surface area contributed by atoms with Crippen molar-refractivity contribution in [2.75, 3.05) is 18.6 Å². The second kappa shape index (κ2) is 11.7. The quantitative estimate of drug-likeness (QED) is 0.151. The van der Waals surface area contributed by atoms with E-state index in [4.69, 9.17) is 4.74 Å². The molecule has 0 aliphatic carbocycles. The summed E-state index contributed by atoms with van der Waals surface area (Å²) < 4.78 is 69.2. The van der Waals surface area contributed by atoms with Crippen molar-refractivity contribution in [1.29, 1.82) is 0 Å². The van der Waals surface area contributed by atoms with Gasteiger partial charge in [0.1, 0.15) is 11.9 Å². The van der Waals surface area contributed by atoms with Gasteiger partial charge in [-0.2, -0.15) is 13.2 Å². The largest absolute Gasteiger partial charge is 0.497 e. The fraction of sp³-hybridized carbons (Fsp3) is 0.219. The van der Waals surface area contributed by atoms with Crippen LogP contribution in [0, 0.1) is 0 Å². The van der Waals surface area contributed by atoms with Gasteiger partial charge in [-0.05, 0) is 61.0 Å². The van der Waals surface area contributed by atoms with Crippen LogP contribution < -0.4 is 9.64 Å². The van der Waals surface area contributed by atoms with Crippen LogP contribution in [0.15, 0.2) is 99.9 Å². The summed E-state index contributed by atoms with van der Waals surface area (Å²) in [5.74, 6) is -0.958. The summed E-state index contributed by atoms with van der Waals surface area (Å²) in [6.07, 6.45) is -6.68. The minimum atomic E-state index is -4.96. The van der Waals surface area contributed by atoms with Gasteiger partial charge in [-0.1, -0.05) is 68.3 Å². The normalized spacial score (nSPS) is 14.1. The average molecular weight is 706 g/mol. The van der Waals surface area contributed by atoms with E-state index in [1.165, 1.54) is 43.5 Å². The molecule has 0 radical (unpaired) electrons. The van der Waals surface area contributed by atoms with Crippen LogP contribution >= 0.6 is 31.9 Å². The van der Waals surface area contributed by atoms with E-state index in [9.17, 15) is 18.0 Å². The summed E-state index contributed by atoms with van der Waals surface area (Å²) in [6, 6.07) is 24.3. The zero-order chi connectivity index (χ0) is 30.2. The molecule has 4 nitrogen and oxygen atoms in total. The van der Waals surface area contributed by atoms with Crippen LogP contribution in [0.2, 0.25) is 0 Å². The summed E-state index contributed by atoms with van der Waals surface area (Å²) in [7, 11) is 1.41. The van der Waals surface area contributed by atoms with Gasteiger partial charge in [-0.15, -0.1) is 0 Å². The van der Waals surface area contributed by atoms with E-state index >= 15 is 4.39 Å². The molecule has 5 aromatic rings. The van der Waals surface area contributed by atoms with Gasteiger partial charge in [-0.3, -0.25) is 4.79 Å². The maximum absolute atomic E-state index is 16.2. The Kier molecular flexibility index (Phi) is 8.40. The van der Waals surface area contributed by atoms with Gasteiger partial charge in [0, 0.05) is 42.5 Å². The Morgan fingerprint density at radius 1 is 0.881 bits per heavy atom. The van der Waals surface area contributed by atoms with Crippen LogP contribution in [0.5, 0.6) is 5.75 Å². The lowest BCUT2D eigenvalue weighted by Crippen LogP contribution is -2.55. The molecule has 0 N–H and O–H groups in total. The zero-order valence-electron chi connectivity index (χ0n) is 22.6. The van der Waals surface area contributed by atoms with Gasteiger partial charge in [0.2, 0.25) is 5.91 Å². The predicted octanol–water partition coefficient (Wildman–Crippen LogP) is 9.22. The SMILES string of the molecule is COc1cccc(N(CC(F)Cn2c3ccc(Br)cc3c3cc(Br)ccc32)C(=O)C(C)(c2ccccc2)C(F)(F)F)c1. The number of hydrogen-bond acceptors (Lipinski definition) is 2. The number of fused-ring (bicyclic) bond motifs is 3. The molecular formula is C32H26Br2F4N2O2. The summed E-state index contributed by atoms with van der Waals surface area (Å²) >= 11 is 6.99. The van der Waals surface area contributed by atoms with Gasteiger partial charge >= 0.3 is 6.18 Å². The minimum Gasteiger partial charge on any atom is -0.497 e. The number of anilines is 1. The first-order chi connectivity index (χ1) is 19.9. The molecule has 1 aromatic heterocycles. The molecule has 1 amide bonds. The van der Waals surface area contributed by atoms with Crippen LogP contribution in [0.25, 0.3) is 21.8 Å². The number of methoxy groups -OCH3 is 1. The van der Waals surface area contributed by atoms with Gasteiger partial charge in [0.05, 0.1) is 20.2 Å². The molecule has 0 fully saturated rings. The minimum absolute atomic E-state index is 0.100. The van der Waals surface area contributed by atoms with E-state index in [0.29, 0.717) is 5.75 Å². The Balaban J connectivity index is 1.58. The molecule has 0 saturated carbocycles. The molecule has 10 heteroatoms. The molecule has 0 aliphatic rings. The lowest BCUT2D eigenvalue weighted by Gasteiger charge is -2.37. The second-order valence-corrected chi connectivity index (χ2v) is 12.0. The molecule has 0 saturated heterocycles. The molecule has 0 aliphatic heterocycles.